The molecule has 3 aromatic rings. The number of hydrogen-bond donors (Lipinski definition) is 2. The van der Waals surface area contributed by atoms with E-state index in [1.165, 1.54) is 0 Å². The lowest BCUT2D eigenvalue weighted by Gasteiger charge is -2.60. The van der Waals surface area contributed by atoms with E-state index in [9.17, 15) is 15.0 Å². The monoisotopic (exact) mass is 824 g/mol. The van der Waals surface area contributed by atoms with Crippen molar-refractivity contribution in [1.82, 2.24) is 4.90 Å². The molecule has 0 unspecified atom stereocenters. The van der Waals surface area contributed by atoms with Crippen LogP contribution in [0.2, 0.25) is 0 Å². The highest BCUT2D eigenvalue weighted by Crippen LogP contribution is 2.62. The van der Waals surface area contributed by atoms with Crippen molar-refractivity contribution in [3.05, 3.63) is 90.5 Å². The Morgan fingerprint density at radius 2 is 1.65 bits per heavy atom. The van der Waals surface area contributed by atoms with E-state index in [1.54, 1.807) is 11.0 Å². The molecule has 0 saturated heterocycles. The fourth-order valence-electron chi connectivity index (χ4n) is 9.25. The smallest absolute Gasteiger partial charge is 0.410 e. The molecule has 326 valence electrons. The Balaban J connectivity index is 1.58. The number of ether oxygens (including phenoxy) is 4. The summed E-state index contributed by atoms with van der Waals surface area (Å²) >= 11 is 0. The Bertz CT molecular complexity index is 2000. The quantitative estimate of drug-likeness (QED) is 0.0739. The predicted molar refractivity (Wildman–Crippen MR) is 238 cm³/mol. The predicted octanol–water partition coefficient (Wildman–Crippen LogP) is 11.0. The lowest BCUT2D eigenvalue weighted by molar-refractivity contribution is -0.255. The number of aliphatic hydroxyl groups is 2. The summed E-state index contributed by atoms with van der Waals surface area (Å²) in [6, 6.07) is 19.7. The van der Waals surface area contributed by atoms with Gasteiger partial charge in [0.25, 0.3) is 0 Å². The van der Waals surface area contributed by atoms with E-state index >= 15 is 0 Å². The molecule has 10 nitrogen and oxygen atoms in total. The summed E-state index contributed by atoms with van der Waals surface area (Å²) in [7, 11) is 0. The van der Waals surface area contributed by atoms with Crippen molar-refractivity contribution in [2.75, 3.05) is 33.0 Å². The Morgan fingerprint density at radius 3 is 2.33 bits per heavy atom. The molecule has 1 heterocycles. The van der Waals surface area contributed by atoms with Gasteiger partial charge in [0, 0.05) is 37.7 Å². The maximum Gasteiger partial charge on any atom is 0.410 e. The van der Waals surface area contributed by atoms with Gasteiger partial charge in [-0.2, -0.15) is 0 Å². The lowest BCUT2D eigenvalue weighted by Crippen LogP contribution is -2.70. The van der Waals surface area contributed by atoms with Gasteiger partial charge in [0.1, 0.15) is 28.9 Å². The van der Waals surface area contributed by atoms with E-state index in [0.29, 0.717) is 43.7 Å². The first-order valence-electron chi connectivity index (χ1n) is 22.1. The second-order valence-electron chi connectivity index (χ2n) is 18.9. The van der Waals surface area contributed by atoms with Crippen molar-refractivity contribution in [3.8, 4) is 17.2 Å². The normalized spacial score (nSPS) is 24.2. The molecule has 2 aliphatic carbocycles. The molecule has 0 bridgehead atoms. The van der Waals surface area contributed by atoms with Gasteiger partial charge in [-0.1, -0.05) is 88.2 Å². The average molecular weight is 825 g/mol. The molecule has 2 N–H and O–H groups in total. The Hall–Kier alpha value is -4.38. The average Bonchev–Trinajstić information content (AvgIpc) is 3.21. The van der Waals surface area contributed by atoms with Crippen LogP contribution in [0, 0.1) is 23.2 Å². The number of amides is 1. The number of fused-ring (bicyclic) bond motifs is 3. The molecule has 3 aliphatic rings. The third kappa shape index (κ3) is 10.4. The molecule has 0 aromatic heterocycles. The molecule has 0 spiro atoms. The van der Waals surface area contributed by atoms with Gasteiger partial charge >= 0.3 is 6.09 Å². The second kappa shape index (κ2) is 19.6. The fourth-order valence-corrected chi connectivity index (χ4v) is 9.25. The third-order valence-electron chi connectivity index (χ3n) is 11.7. The summed E-state index contributed by atoms with van der Waals surface area (Å²) < 4.78 is 27.2. The molecule has 10 heteroatoms. The number of hydrogen-bond acceptors (Lipinski definition) is 9. The molecular formula is C50H68N2O8. The van der Waals surface area contributed by atoms with Crippen LogP contribution in [0.5, 0.6) is 17.2 Å². The molecule has 0 radical (unpaired) electrons. The zero-order valence-corrected chi connectivity index (χ0v) is 37.0. The summed E-state index contributed by atoms with van der Waals surface area (Å²) in [6.07, 6.45) is 9.42. The van der Waals surface area contributed by atoms with E-state index in [1.807, 2.05) is 71.9 Å². The standard InChI is InChI=1S/C50H68N2O8/c1-9-25-52(47(55)56-33-48(3,4)5)44-32-42(51-60-49(6,7)8)40-30-36(19-13-15-26-53)39(20-14-16-27-54)45-41-31-38(58-37-22-21-34-17-11-12-18-35(34)29-37)23-24-43(41)59-50(44,46(40)45)57-28-10-2/h10-12,17-18,21-24,29-31,36,39,44-46,53-54H,2,9,13-16,19-20,25-28,32-33H2,1,3-8H3/t36-,39+,44-,45+,46+,50+/m0/s1. The van der Waals surface area contributed by atoms with E-state index in [-0.39, 0.29) is 49.6 Å². The number of aliphatic hydroxyl groups excluding tert-OH is 2. The zero-order chi connectivity index (χ0) is 43.1. The van der Waals surface area contributed by atoms with Crippen LogP contribution in [0.1, 0.15) is 111 Å². The number of carbonyl (C=O) groups is 1. The van der Waals surface area contributed by atoms with E-state index in [4.69, 9.17) is 28.9 Å². The summed E-state index contributed by atoms with van der Waals surface area (Å²) in [4.78, 5) is 22.5. The number of nitrogens with zero attached hydrogens (tertiary/aromatic N) is 2. The van der Waals surface area contributed by atoms with Crippen LogP contribution in [0.15, 0.2) is 90.1 Å². The highest BCUT2D eigenvalue weighted by molar-refractivity contribution is 6.03. The minimum Gasteiger partial charge on any atom is -0.459 e. The van der Waals surface area contributed by atoms with Crippen molar-refractivity contribution >= 4 is 22.6 Å². The maximum absolute atomic E-state index is 14.4. The van der Waals surface area contributed by atoms with Crippen molar-refractivity contribution in [2.24, 2.45) is 28.3 Å². The van der Waals surface area contributed by atoms with Crippen LogP contribution in [0.3, 0.4) is 0 Å². The maximum atomic E-state index is 14.4. The number of carbonyl (C=O) groups excluding carboxylic acids is 1. The first-order chi connectivity index (χ1) is 28.7. The first-order valence-corrected chi connectivity index (χ1v) is 22.1. The number of allylic oxidation sites excluding steroid dienone is 1. The summed E-state index contributed by atoms with van der Waals surface area (Å²) in [5.74, 6) is 0.327. The molecule has 1 aliphatic heterocycles. The van der Waals surface area contributed by atoms with Crippen LogP contribution >= 0.6 is 0 Å². The topological polar surface area (TPSA) is 119 Å². The van der Waals surface area contributed by atoms with Crippen molar-refractivity contribution in [1.29, 1.82) is 0 Å². The molecule has 3 aromatic carbocycles. The molecule has 1 amide bonds. The van der Waals surface area contributed by atoms with Gasteiger partial charge in [0.05, 0.1) is 24.8 Å². The van der Waals surface area contributed by atoms with Gasteiger partial charge in [0.2, 0.25) is 5.79 Å². The van der Waals surface area contributed by atoms with Crippen LogP contribution in [0.25, 0.3) is 10.8 Å². The SMILES string of the molecule is C=CCO[C@@]12Oc3ccc(Oc4ccc5ccccc5c4)cc3[C@H]3[C@H](CCCCO)[C@@H](CCCCO)C=C(C(=NOC(C)(C)C)C[C@@H]1N(CCC)C(=O)OCC(C)(C)C)[C@H]32. The highest BCUT2D eigenvalue weighted by Gasteiger charge is 2.65. The van der Waals surface area contributed by atoms with Crippen molar-refractivity contribution in [2.45, 2.75) is 123 Å². The van der Waals surface area contributed by atoms with E-state index < -0.39 is 29.4 Å². The summed E-state index contributed by atoms with van der Waals surface area (Å²) in [5.41, 5.74) is 1.93. The van der Waals surface area contributed by atoms with Crippen molar-refractivity contribution < 1.29 is 38.8 Å². The van der Waals surface area contributed by atoms with Gasteiger partial charge in [0.15, 0.2) is 0 Å². The number of oxime groups is 1. The highest BCUT2D eigenvalue weighted by atomic mass is 16.7. The van der Waals surface area contributed by atoms with Gasteiger partial charge in [-0.3, -0.25) is 4.90 Å². The third-order valence-corrected chi connectivity index (χ3v) is 11.7. The minimum atomic E-state index is -1.36. The molecule has 60 heavy (non-hydrogen) atoms. The largest absolute Gasteiger partial charge is 0.459 e. The molecule has 6 rings (SSSR count). The number of unbranched alkanes of at least 4 members (excludes halogenated alkanes) is 2. The first kappa shape index (κ1) is 45.2. The van der Waals surface area contributed by atoms with Crippen LogP contribution < -0.4 is 9.47 Å². The van der Waals surface area contributed by atoms with E-state index in [0.717, 1.165) is 59.1 Å². The van der Waals surface area contributed by atoms with Gasteiger partial charge in [-0.25, -0.2) is 4.79 Å². The molecule has 1 saturated carbocycles. The van der Waals surface area contributed by atoms with Crippen LogP contribution in [0.4, 0.5) is 4.79 Å². The Morgan fingerprint density at radius 1 is 0.950 bits per heavy atom. The number of rotatable bonds is 18. The molecule has 6 atom stereocenters. The zero-order valence-electron chi connectivity index (χ0n) is 37.0. The Labute approximate surface area is 357 Å². The van der Waals surface area contributed by atoms with Crippen molar-refractivity contribution in [3.63, 3.8) is 0 Å². The Kier molecular flexibility index (Phi) is 14.7. The summed E-state index contributed by atoms with van der Waals surface area (Å²) in [5, 5.41) is 27.1. The second-order valence-corrected chi connectivity index (χ2v) is 18.9. The number of benzene rings is 3. The summed E-state index contributed by atoms with van der Waals surface area (Å²) in [6.45, 7) is 19.3. The van der Waals surface area contributed by atoms with Crippen LogP contribution in [-0.4, -0.2) is 77.3 Å². The lowest BCUT2D eigenvalue weighted by atomic mass is 9.55. The van der Waals surface area contributed by atoms with Gasteiger partial charge in [-0.05, 0) is 117 Å². The molecule has 1 fully saturated rings. The minimum absolute atomic E-state index is 0.0882. The van der Waals surface area contributed by atoms with E-state index in [2.05, 4.69) is 49.9 Å². The van der Waals surface area contributed by atoms with Crippen LogP contribution in [-0.2, 0) is 14.3 Å². The van der Waals surface area contributed by atoms with Gasteiger partial charge < -0.3 is 34.0 Å². The van der Waals surface area contributed by atoms with Gasteiger partial charge in [-0.15, -0.1) is 6.58 Å². The fraction of sp³-hybridized carbons (Fsp3) is 0.560. The molecular weight excluding hydrogens is 757 g/mol.